The Labute approximate surface area is 164 Å². The topological polar surface area (TPSA) is 48.5 Å². The van der Waals surface area contributed by atoms with Crippen molar-refractivity contribution >= 4 is 17.4 Å². The molecule has 1 N–H and O–H groups in total. The second kappa shape index (κ2) is 8.73. The molecule has 0 atom stereocenters. The van der Waals surface area contributed by atoms with Crippen LogP contribution in [0.1, 0.15) is 12.0 Å². The van der Waals surface area contributed by atoms with E-state index in [-0.39, 0.29) is 12.2 Å². The fraction of sp³-hybridized carbons (Fsp3) is 0.368. The van der Waals surface area contributed by atoms with Crippen molar-refractivity contribution in [2.24, 2.45) is 0 Å². The molecule has 156 valence electrons. The fourth-order valence-corrected chi connectivity index (χ4v) is 3.13. The van der Waals surface area contributed by atoms with Gasteiger partial charge in [0.1, 0.15) is 17.5 Å². The van der Waals surface area contributed by atoms with Crippen LogP contribution in [0.2, 0.25) is 0 Å². The smallest absolute Gasteiger partial charge is 0.355 e. The van der Waals surface area contributed by atoms with Crippen molar-refractivity contribution in [1.82, 2.24) is 9.88 Å². The van der Waals surface area contributed by atoms with Crippen LogP contribution in [0, 0.1) is 11.6 Å². The number of anilines is 2. The zero-order chi connectivity index (χ0) is 21.0. The van der Waals surface area contributed by atoms with Crippen molar-refractivity contribution < 1.29 is 26.7 Å². The van der Waals surface area contributed by atoms with E-state index in [9.17, 15) is 26.7 Å². The van der Waals surface area contributed by atoms with Crippen molar-refractivity contribution in [3.05, 3.63) is 53.7 Å². The molecule has 0 bridgehead atoms. The zero-order valence-corrected chi connectivity index (χ0v) is 15.3. The fourth-order valence-electron chi connectivity index (χ4n) is 3.13. The van der Waals surface area contributed by atoms with Gasteiger partial charge in [-0.15, -0.1) is 0 Å². The minimum Gasteiger partial charge on any atom is -0.355 e. The molecule has 1 fully saturated rings. The van der Waals surface area contributed by atoms with E-state index in [1.54, 1.807) is 0 Å². The van der Waals surface area contributed by atoms with Crippen LogP contribution in [0.15, 0.2) is 36.5 Å². The Morgan fingerprint density at radius 1 is 1.03 bits per heavy atom. The molecule has 1 amide bonds. The van der Waals surface area contributed by atoms with Gasteiger partial charge in [0.05, 0.1) is 12.1 Å². The molecule has 0 aliphatic carbocycles. The molecule has 5 nitrogen and oxygen atoms in total. The van der Waals surface area contributed by atoms with Crippen molar-refractivity contribution in [1.29, 1.82) is 0 Å². The predicted molar refractivity (Wildman–Crippen MR) is 97.5 cm³/mol. The van der Waals surface area contributed by atoms with E-state index in [4.69, 9.17) is 0 Å². The Bertz CT molecular complexity index is 836. The number of alkyl halides is 3. The highest BCUT2D eigenvalue weighted by Crippen LogP contribution is 2.29. The lowest BCUT2D eigenvalue weighted by atomic mass is 10.2. The average molecular weight is 414 g/mol. The van der Waals surface area contributed by atoms with Gasteiger partial charge in [0.2, 0.25) is 5.91 Å². The first-order valence-corrected chi connectivity index (χ1v) is 8.97. The van der Waals surface area contributed by atoms with Crippen LogP contribution < -0.4 is 10.2 Å². The van der Waals surface area contributed by atoms with Crippen LogP contribution in [0.5, 0.6) is 0 Å². The first-order valence-electron chi connectivity index (χ1n) is 8.97. The second-order valence-electron chi connectivity index (χ2n) is 6.73. The van der Waals surface area contributed by atoms with E-state index in [0.29, 0.717) is 44.5 Å². The van der Waals surface area contributed by atoms with Gasteiger partial charge in [0.25, 0.3) is 0 Å². The maximum atomic E-state index is 13.2. The first-order chi connectivity index (χ1) is 13.7. The van der Waals surface area contributed by atoms with Gasteiger partial charge in [-0.3, -0.25) is 9.69 Å². The van der Waals surface area contributed by atoms with Gasteiger partial charge in [-0.2, -0.15) is 13.2 Å². The van der Waals surface area contributed by atoms with Gasteiger partial charge in [0.15, 0.2) is 0 Å². The minimum atomic E-state index is -4.43. The third kappa shape index (κ3) is 5.86. The molecular weight excluding hydrogens is 395 g/mol. The molecule has 1 aliphatic heterocycles. The highest BCUT2D eigenvalue weighted by atomic mass is 19.4. The van der Waals surface area contributed by atoms with E-state index in [2.05, 4.69) is 10.3 Å². The van der Waals surface area contributed by atoms with Crippen molar-refractivity contribution in [2.75, 3.05) is 42.9 Å². The summed E-state index contributed by atoms with van der Waals surface area (Å²) >= 11 is 0. The third-order valence-electron chi connectivity index (χ3n) is 4.50. The highest BCUT2D eigenvalue weighted by Gasteiger charge is 2.31. The molecule has 1 aliphatic rings. The number of pyridine rings is 1. The number of carbonyl (C=O) groups is 1. The summed E-state index contributed by atoms with van der Waals surface area (Å²) in [4.78, 5) is 19.8. The SMILES string of the molecule is O=C(CN1CCCN(c2ccc(C(F)(F)F)cn2)CC1)Nc1cc(F)cc(F)c1. The summed E-state index contributed by atoms with van der Waals surface area (Å²) < 4.78 is 64.4. The van der Waals surface area contributed by atoms with E-state index in [1.165, 1.54) is 6.07 Å². The molecule has 2 aromatic rings. The van der Waals surface area contributed by atoms with Crippen LogP contribution in [0.4, 0.5) is 33.5 Å². The Hall–Kier alpha value is -2.75. The number of aromatic nitrogens is 1. The normalized spacial score (nSPS) is 15.8. The molecule has 0 spiro atoms. The van der Waals surface area contributed by atoms with Crippen LogP contribution in [-0.4, -0.2) is 48.5 Å². The highest BCUT2D eigenvalue weighted by molar-refractivity contribution is 5.92. The Kier molecular flexibility index (Phi) is 6.31. The monoisotopic (exact) mass is 414 g/mol. The van der Waals surface area contributed by atoms with Crippen LogP contribution in [0.25, 0.3) is 0 Å². The van der Waals surface area contributed by atoms with Crippen LogP contribution in [0.3, 0.4) is 0 Å². The standard InChI is InChI=1S/C19H19F5N4O/c20-14-8-15(21)10-16(9-14)26-18(29)12-27-4-1-5-28(7-6-27)17-3-2-13(11-25-17)19(22,23)24/h2-3,8-11H,1,4-7,12H2,(H,26,29). The van der Waals surface area contributed by atoms with Crippen molar-refractivity contribution in [2.45, 2.75) is 12.6 Å². The Balaban J connectivity index is 1.55. The number of amides is 1. The van der Waals surface area contributed by atoms with Gasteiger partial charge in [-0.25, -0.2) is 13.8 Å². The summed E-state index contributed by atoms with van der Waals surface area (Å²) in [6, 6.07) is 5.11. The summed E-state index contributed by atoms with van der Waals surface area (Å²) in [5.41, 5.74) is -0.763. The second-order valence-corrected chi connectivity index (χ2v) is 6.73. The van der Waals surface area contributed by atoms with Crippen molar-refractivity contribution in [3.8, 4) is 0 Å². The number of hydrogen-bond acceptors (Lipinski definition) is 4. The summed E-state index contributed by atoms with van der Waals surface area (Å²) in [6.07, 6.45) is -2.94. The largest absolute Gasteiger partial charge is 0.417 e. The minimum absolute atomic E-state index is 0.0341. The molecular formula is C19H19F5N4O. The lowest BCUT2D eigenvalue weighted by Gasteiger charge is -2.22. The quantitative estimate of drug-likeness (QED) is 0.778. The van der Waals surface area contributed by atoms with E-state index >= 15 is 0 Å². The summed E-state index contributed by atoms with van der Waals surface area (Å²) in [6.45, 7) is 2.20. The molecule has 29 heavy (non-hydrogen) atoms. The lowest BCUT2D eigenvalue weighted by molar-refractivity contribution is -0.137. The number of nitrogens with one attached hydrogen (secondary N) is 1. The zero-order valence-electron chi connectivity index (χ0n) is 15.3. The summed E-state index contributed by atoms with van der Waals surface area (Å²) in [5, 5.41) is 2.46. The van der Waals surface area contributed by atoms with Gasteiger partial charge < -0.3 is 10.2 Å². The van der Waals surface area contributed by atoms with Gasteiger partial charge >= 0.3 is 6.18 Å². The number of hydrogen-bond donors (Lipinski definition) is 1. The first kappa shape index (κ1) is 21.0. The summed E-state index contributed by atoms with van der Waals surface area (Å²) in [5.74, 6) is -1.53. The molecule has 0 unspecified atom stereocenters. The van der Waals surface area contributed by atoms with Crippen LogP contribution >= 0.6 is 0 Å². The number of rotatable bonds is 4. The van der Waals surface area contributed by atoms with Gasteiger partial charge in [-0.05, 0) is 30.7 Å². The number of nitrogens with zero attached hydrogens (tertiary/aromatic N) is 3. The van der Waals surface area contributed by atoms with Gasteiger partial charge in [-0.1, -0.05) is 0 Å². The van der Waals surface area contributed by atoms with Crippen molar-refractivity contribution in [3.63, 3.8) is 0 Å². The van der Waals surface area contributed by atoms with E-state index in [1.807, 2.05) is 9.80 Å². The Morgan fingerprint density at radius 2 is 1.76 bits per heavy atom. The lowest BCUT2D eigenvalue weighted by Crippen LogP contribution is -2.36. The predicted octanol–water partition coefficient (Wildman–Crippen LogP) is 3.53. The summed E-state index contributed by atoms with van der Waals surface area (Å²) in [7, 11) is 0. The van der Waals surface area contributed by atoms with Crippen LogP contribution in [-0.2, 0) is 11.0 Å². The third-order valence-corrected chi connectivity index (χ3v) is 4.50. The Morgan fingerprint density at radius 3 is 2.38 bits per heavy atom. The molecule has 0 radical (unpaired) electrons. The maximum Gasteiger partial charge on any atom is 0.417 e. The molecule has 2 heterocycles. The molecule has 1 saturated heterocycles. The molecule has 1 aromatic carbocycles. The number of halogens is 5. The molecule has 10 heteroatoms. The van der Waals surface area contributed by atoms with Gasteiger partial charge in [0, 0.05) is 44.1 Å². The number of carbonyl (C=O) groups excluding carboxylic acids is 1. The molecule has 0 saturated carbocycles. The average Bonchev–Trinajstić information content (AvgIpc) is 2.85. The molecule has 1 aromatic heterocycles. The van der Waals surface area contributed by atoms with E-state index in [0.717, 1.165) is 24.4 Å². The van der Waals surface area contributed by atoms with E-state index < -0.39 is 29.3 Å². The maximum absolute atomic E-state index is 13.2. The molecule has 3 rings (SSSR count). The number of benzene rings is 1.